The van der Waals surface area contributed by atoms with Crippen molar-refractivity contribution in [3.05, 3.63) is 57.7 Å². The summed E-state index contributed by atoms with van der Waals surface area (Å²) in [5.74, 6) is 1.04. The molecule has 1 N–H and O–H groups in total. The zero-order valence-corrected chi connectivity index (χ0v) is 11.6. The molecule has 1 heterocycles. The predicted octanol–water partition coefficient (Wildman–Crippen LogP) is 4.02. The third-order valence-corrected chi connectivity index (χ3v) is 3.17. The van der Waals surface area contributed by atoms with Gasteiger partial charge >= 0.3 is 0 Å². The first-order valence-electron chi connectivity index (χ1n) is 5.80. The van der Waals surface area contributed by atoms with Crippen LogP contribution in [0.5, 0.6) is 0 Å². The summed E-state index contributed by atoms with van der Waals surface area (Å²) >= 11 is 3.23. The van der Waals surface area contributed by atoms with Crippen LogP contribution in [0.1, 0.15) is 30.1 Å². The summed E-state index contributed by atoms with van der Waals surface area (Å²) < 4.78 is 19.3. The van der Waals surface area contributed by atoms with Crippen molar-refractivity contribution < 1.29 is 13.9 Å². The van der Waals surface area contributed by atoms with Gasteiger partial charge < -0.3 is 9.52 Å². The van der Waals surface area contributed by atoms with Crippen molar-refractivity contribution in [2.45, 2.75) is 25.9 Å². The molecule has 0 saturated heterocycles. The normalized spacial score (nSPS) is 12.7. The first-order chi connectivity index (χ1) is 8.58. The van der Waals surface area contributed by atoms with Crippen LogP contribution in [0.4, 0.5) is 4.39 Å². The number of furan rings is 1. The fourth-order valence-corrected chi connectivity index (χ4v) is 2.33. The fourth-order valence-electron chi connectivity index (χ4n) is 1.82. The van der Waals surface area contributed by atoms with E-state index in [2.05, 4.69) is 15.9 Å². The molecule has 0 aliphatic heterocycles. The van der Waals surface area contributed by atoms with Crippen LogP contribution >= 0.6 is 15.9 Å². The molecule has 0 aliphatic rings. The van der Waals surface area contributed by atoms with E-state index in [0.717, 1.165) is 17.7 Å². The van der Waals surface area contributed by atoms with Crippen molar-refractivity contribution >= 4 is 15.9 Å². The van der Waals surface area contributed by atoms with Crippen LogP contribution in [0.3, 0.4) is 0 Å². The molecule has 0 fully saturated rings. The van der Waals surface area contributed by atoms with Crippen molar-refractivity contribution in [2.24, 2.45) is 0 Å². The molecule has 4 heteroatoms. The van der Waals surface area contributed by atoms with E-state index < -0.39 is 6.10 Å². The molecule has 18 heavy (non-hydrogen) atoms. The molecule has 1 aromatic heterocycles. The molecule has 0 radical (unpaired) electrons. The Morgan fingerprint density at radius 1 is 1.33 bits per heavy atom. The van der Waals surface area contributed by atoms with Crippen molar-refractivity contribution in [1.82, 2.24) is 0 Å². The van der Waals surface area contributed by atoms with Crippen LogP contribution in [0.2, 0.25) is 0 Å². The van der Waals surface area contributed by atoms with E-state index in [-0.39, 0.29) is 5.82 Å². The highest BCUT2D eigenvalue weighted by Gasteiger charge is 2.13. The lowest BCUT2D eigenvalue weighted by Gasteiger charge is -2.08. The Morgan fingerprint density at radius 2 is 2.11 bits per heavy atom. The van der Waals surface area contributed by atoms with E-state index in [0.29, 0.717) is 16.7 Å². The summed E-state index contributed by atoms with van der Waals surface area (Å²) in [4.78, 5) is 0. The van der Waals surface area contributed by atoms with Gasteiger partial charge in [0, 0.05) is 17.3 Å². The van der Waals surface area contributed by atoms with E-state index in [1.165, 1.54) is 12.1 Å². The van der Waals surface area contributed by atoms with Crippen molar-refractivity contribution in [1.29, 1.82) is 0 Å². The molecule has 0 spiro atoms. The maximum Gasteiger partial charge on any atom is 0.133 e. The summed E-state index contributed by atoms with van der Waals surface area (Å²) in [6.07, 6.45) is 0.365. The predicted molar refractivity (Wildman–Crippen MR) is 70.8 cm³/mol. The Bertz CT molecular complexity index is 516. The number of rotatable bonds is 4. The number of benzene rings is 1. The summed E-state index contributed by atoms with van der Waals surface area (Å²) in [5.41, 5.74) is 0.726. The van der Waals surface area contributed by atoms with Gasteiger partial charge in [-0.2, -0.15) is 0 Å². The Balaban J connectivity index is 2.12. The first kappa shape index (κ1) is 13.3. The zero-order valence-electron chi connectivity index (χ0n) is 9.99. The lowest BCUT2D eigenvalue weighted by atomic mass is 10.1. The van der Waals surface area contributed by atoms with Crippen LogP contribution in [-0.4, -0.2) is 5.11 Å². The van der Waals surface area contributed by atoms with Crippen molar-refractivity contribution in [2.75, 3.05) is 0 Å². The Kier molecular flexibility index (Phi) is 4.19. The summed E-state index contributed by atoms with van der Waals surface area (Å²) in [6.45, 7) is 1.98. The Morgan fingerprint density at radius 3 is 2.72 bits per heavy atom. The second-order valence-electron chi connectivity index (χ2n) is 4.16. The lowest BCUT2D eigenvalue weighted by Crippen LogP contribution is -2.01. The highest BCUT2D eigenvalue weighted by atomic mass is 79.9. The lowest BCUT2D eigenvalue weighted by molar-refractivity contribution is 0.148. The van der Waals surface area contributed by atoms with Gasteiger partial charge in [0.05, 0.1) is 0 Å². The largest absolute Gasteiger partial charge is 0.463 e. The molecule has 96 valence electrons. The Labute approximate surface area is 114 Å². The highest BCUT2D eigenvalue weighted by Crippen LogP contribution is 2.23. The molecule has 0 bridgehead atoms. The zero-order chi connectivity index (χ0) is 13.1. The summed E-state index contributed by atoms with van der Waals surface area (Å²) in [5, 5.41) is 10.0. The van der Waals surface area contributed by atoms with Gasteiger partial charge in [0.15, 0.2) is 0 Å². The number of hydrogen-bond donors (Lipinski definition) is 1. The Hall–Kier alpha value is -1.13. The molecular weight excluding hydrogens is 299 g/mol. The van der Waals surface area contributed by atoms with Gasteiger partial charge in [-0.05, 0) is 35.9 Å². The van der Waals surface area contributed by atoms with E-state index in [4.69, 9.17) is 4.42 Å². The minimum Gasteiger partial charge on any atom is -0.463 e. The molecule has 0 saturated carbocycles. The van der Waals surface area contributed by atoms with Gasteiger partial charge in [-0.25, -0.2) is 4.39 Å². The van der Waals surface area contributed by atoms with Gasteiger partial charge in [0.1, 0.15) is 23.4 Å². The highest BCUT2D eigenvalue weighted by molar-refractivity contribution is 9.10. The van der Waals surface area contributed by atoms with Gasteiger partial charge in [0.25, 0.3) is 0 Å². The monoisotopic (exact) mass is 312 g/mol. The van der Waals surface area contributed by atoms with Crippen LogP contribution < -0.4 is 0 Å². The fraction of sp³-hybridized carbons (Fsp3) is 0.286. The summed E-state index contributed by atoms with van der Waals surface area (Å²) in [6, 6.07) is 8.20. The second kappa shape index (κ2) is 5.67. The number of halogens is 2. The van der Waals surface area contributed by atoms with E-state index in [1.54, 1.807) is 12.1 Å². The third-order valence-electron chi connectivity index (χ3n) is 2.71. The second-order valence-corrected chi connectivity index (χ2v) is 5.07. The van der Waals surface area contributed by atoms with E-state index >= 15 is 0 Å². The average molecular weight is 313 g/mol. The maximum absolute atomic E-state index is 13.2. The quantitative estimate of drug-likeness (QED) is 0.925. The summed E-state index contributed by atoms with van der Waals surface area (Å²) in [7, 11) is 0. The molecule has 2 aromatic rings. The SMILES string of the molecule is CCc1ccc(C(O)Cc2cc(F)cc(Br)c2)o1. The number of aryl methyl sites for hydroxylation is 1. The minimum absolute atomic E-state index is 0.319. The molecule has 0 aliphatic carbocycles. The van der Waals surface area contributed by atoms with Crippen LogP contribution in [0.15, 0.2) is 39.2 Å². The molecule has 1 atom stereocenters. The third kappa shape index (κ3) is 3.21. The number of aliphatic hydroxyl groups excluding tert-OH is 1. The van der Waals surface area contributed by atoms with E-state index in [1.807, 2.05) is 13.0 Å². The average Bonchev–Trinajstić information content (AvgIpc) is 2.75. The van der Waals surface area contributed by atoms with Gasteiger partial charge in [-0.3, -0.25) is 0 Å². The molecule has 2 rings (SSSR count). The topological polar surface area (TPSA) is 33.4 Å². The molecule has 1 unspecified atom stereocenters. The number of aliphatic hydroxyl groups is 1. The van der Waals surface area contributed by atoms with Gasteiger partial charge in [0.2, 0.25) is 0 Å². The standard InChI is InChI=1S/C14H14BrFO2/c1-2-12-3-4-14(18-12)13(17)7-9-5-10(15)8-11(16)6-9/h3-6,8,13,17H,2,7H2,1H3. The number of hydrogen-bond acceptors (Lipinski definition) is 2. The molecule has 0 amide bonds. The van der Waals surface area contributed by atoms with Crippen LogP contribution in [0.25, 0.3) is 0 Å². The van der Waals surface area contributed by atoms with Crippen molar-refractivity contribution in [3.8, 4) is 0 Å². The van der Waals surface area contributed by atoms with Gasteiger partial charge in [-0.15, -0.1) is 0 Å². The van der Waals surface area contributed by atoms with E-state index in [9.17, 15) is 9.50 Å². The minimum atomic E-state index is -0.751. The molecule has 1 aromatic carbocycles. The van der Waals surface area contributed by atoms with Crippen LogP contribution in [-0.2, 0) is 12.8 Å². The van der Waals surface area contributed by atoms with Crippen LogP contribution in [0, 0.1) is 5.82 Å². The maximum atomic E-state index is 13.2. The molecular formula is C14H14BrFO2. The van der Waals surface area contributed by atoms with Gasteiger partial charge in [-0.1, -0.05) is 22.9 Å². The molecule has 2 nitrogen and oxygen atoms in total. The van der Waals surface area contributed by atoms with Crippen molar-refractivity contribution in [3.63, 3.8) is 0 Å². The first-order valence-corrected chi connectivity index (χ1v) is 6.59. The smallest absolute Gasteiger partial charge is 0.133 e.